The van der Waals surface area contributed by atoms with Crippen LogP contribution in [0.5, 0.6) is 0 Å². The van der Waals surface area contributed by atoms with Crippen LogP contribution < -0.4 is 0 Å². The molecule has 1 aromatic heterocycles. The van der Waals surface area contributed by atoms with Crippen molar-refractivity contribution in [3.63, 3.8) is 0 Å². The van der Waals surface area contributed by atoms with E-state index in [2.05, 4.69) is 9.97 Å². The summed E-state index contributed by atoms with van der Waals surface area (Å²) in [6.07, 6.45) is 4.88. The smallest absolute Gasteiger partial charge is 0.115 e. The fraction of sp³-hybridized carbons (Fsp3) is 0.667. The molecule has 98 valence electrons. The second-order valence-electron chi connectivity index (χ2n) is 2.25. The molecule has 0 bridgehead atoms. The Morgan fingerprint density at radius 1 is 0.812 bits per heavy atom. The molecule has 0 saturated heterocycles. The molecule has 0 aliphatic carbocycles. The predicted octanol–water partition coefficient (Wildman–Crippen LogP) is 3.29. The summed E-state index contributed by atoms with van der Waals surface area (Å²) in [5, 5.41) is 0. The molecule has 0 radical (unpaired) electrons. The van der Waals surface area contributed by atoms with Crippen LogP contribution in [-0.2, 0) is 0 Å². The SMILES string of the molecule is CC.CC.CF.CN(C)C.c1cncnc1. The van der Waals surface area contributed by atoms with E-state index in [-0.39, 0.29) is 0 Å². The zero-order valence-electron chi connectivity index (χ0n) is 12.0. The molecule has 0 atom stereocenters. The Bertz CT molecular complexity index is 117. The van der Waals surface area contributed by atoms with Crippen LogP contribution in [0.1, 0.15) is 27.7 Å². The lowest BCUT2D eigenvalue weighted by Gasteiger charge is -1.90. The van der Waals surface area contributed by atoms with E-state index in [9.17, 15) is 4.39 Å². The lowest BCUT2D eigenvalue weighted by atomic mass is 10.7. The molecule has 0 fully saturated rings. The Balaban J connectivity index is -0.0000000639. The first-order chi connectivity index (χ1) is 7.73. The second-order valence-corrected chi connectivity index (χ2v) is 2.25. The van der Waals surface area contributed by atoms with Gasteiger partial charge in [0.2, 0.25) is 0 Å². The quantitative estimate of drug-likeness (QED) is 0.688. The van der Waals surface area contributed by atoms with E-state index in [1.54, 1.807) is 18.5 Å². The number of rotatable bonds is 0. The Morgan fingerprint density at radius 2 is 1.06 bits per heavy atom. The minimum Gasteiger partial charge on any atom is -0.312 e. The first-order valence-corrected chi connectivity index (χ1v) is 5.42. The zero-order valence-corrected chi connectivity index (χ0v) is 12.0. The molecular weight excluding hydrogens is 205 g/mol. The lowest BCUT2D eigenvalue weighted by molar-refractivity contribution is 0.505. The maximum absolute atomic E-state index is 9.50. The number of aromatic nitrogens is 2. The monoisotopic (exact) mass is 233 g/mol. The van der Waals surface area contributed by atoms with Gasteiger partial charge in [0.05, 0.1) is 7.18 Å². The van der Waals surface area contributed by atoms with Gasteiger partial charge in [0.15, 0.2) is 0 Å². The van der Waals surface area contributed by atoms with Gasteiger partial charge >= 0.3 is 0 Å². The molecule has 0 aliphatic rings. The van der Waals surface area contributed by atoms with Crippen LogP contribution >= 0.6 is 0 Å². The summed E-state index contributed by atoms with van der Waals surface area (Å²) in [5.41, 5.74) is 0. The van der Waals surface area contributed by atoms with Gasteiger partial charge in [-0.1, -0.05) is 27.7 Å². The van der Waals surface area contributed by atoms with E-state index in [1.165, 1.54) is 6.33 Å². The minimum absolute atomic E-state index is 0.500. The fourth-order valence-electron chi connectivity index (χ4n) is 0.253. The maximum atomic E-state index is 9.50. The van der Waals surface area contributed by atoms with Gasteiger partial charge in [-0.05, 0) is 27.2 Å². The number of halogens is 1. The van der Waals surface area contributed by atoms with Crippen molar-refractivity contribution in [2.75, 3.05) is 28.3 Å². The highest BCUT2D eigenvalue weighted by Gasteiger charge is 1.59. The molecule has 1 aromatic rings. The van der Waals surface area contributed by atoms with Gasteiger partial charge in [0.25, 0.3) is 0 Å². The van der Waals surface area contributed by atoms with Gasteiger partial charge in [0.1, 0.15) is 6.33 Å². The fourth-order valence-corrected chi connectivity index (χ4v) is 0.253. The Labute approximate surface area is 101 Å². The topological polar surface area (TPSA) is 29.0 Å². The third-order valence-electron chi connectivity index (χ3n) is 0.478. The summed E-state index contributed by atoms with van der Waals surface area (Å²) < 4.78 is 9.50. The summed E-state index contributed by atoms with van der Waals surface area (Å²) in [7, 11) is 6.50. The standard InChI is InChI=1S/C4H4N2.C3H9N.2C2H6.CH3F/c1-2-5-4-6-3-1;1-4(2)3;3*1-2/h1-4H;1-3H3;2*1-2H3;1H3. The van der Waals surface area contributed by atoms with E-state index in [1.807, 2.05) is 53.7 Å². The third-order valence-corrected chi connectivity index (χ3v) is 0.478. The highest BCUT2D eigenvalue weighted by atomic mass is 19.1. The summed E-state index contributed by atoms with van der Waals surface area (Å²) in [6.45, 7) is 8.00. The van der Waals surface area contributed by atoms with Crippen molar-refractivity contribution in [3.8, 4) is 0 Å². The van der Waals surface area contributed by atoms with Crippen LogP contribution in [-0.4, -0.2) is 43.2 Å². The molecule has 0 amide bonds. The molecule has 0 unspecified atom stereocenters. The van der Waals surface area contributed by atoms with Crippen LogP contribution in [0, 0.1) is 0 Å². The Hall–Kier alpha value is -1.03. The molecule has 16 heavy (non-hydrogen) atoms. The van der Waals surface area contributed by atoms with Crippen molar-refractivity contribution >= 4 is 0 Å². The largest absolute Gasteiger partial charge is 0.312 e. The van der Waals surface area contributed by atoms with Crippen molar-refractivity contribution in [2.45, 2.75) is 27.7 Å². The van der Waals surface area contributed by atoms with Crippen molar-refractivity contribution in [1.82, 2.24) is 14.9 Å². The normalized spacial score (nSPS) is 6.38. The van der Waals surface area contributed by atoms with Crippen molar-refractivity contribution in [3.05, 3.63) is 24.8 Å². The second kappa shape index (κ2) is 37.0. The Morgan fingerprint density at radius 3 is 1.12 bits per heavy atom. The number of hydrogen-bond donors (Lipinski definition) is 0. The van der Waals surface area contributed by atoms with Gasteiger partial charge in [-0.25, -0.2) is 9.97 Å². The lowest BCUT2D eigenvalue weighted by Crippen LogP contribution is -1.99. The predicted molar refractivity (Wildman–Crippen MR) is 71.4 cm³/mol. The van der Waals surface area contributed by atoms with E-state index in [0.717, 1.165) is 0 Å². The highest BCUT2D eigenvalue weighted by molar-refractivity contribution is 4.74. The zero-order chi connectivity index (χ0) is 13.8. The average Bonchev–Trinajstić information content (AvgIpc) is 2.38. The van der Waals surface area contributed by atoms with E-state index in [4.69, 9.17) is 0 Å². The minimum atomic E-state index is 0.500. The van der Waals surface area contributed by atoms with Crippen molar-refractivity contribution in [2.24, 2.45) is 0 Å². The molecule has 4 heteroatoms. The molecular formula is C12H28FN3. The van der Waals surface area contributed by atoms with Gasteiger partial charge in [-0.2, -0.15) is 0 Å². The molecule has 0 aliphatic heterocycles. The van der Waals surface area contributed by atoms with Crippen LogP contribution in [0.4, 0.5) is 4.39 Å². The average molecular weight is 233 g/mol. The molecule has 3 nitrogen and oxygen atoms in total. The van der Waals surface area contributed by atoms with Gasteiger partial charge < -0.3 is 4.90 Å². The summed E-state index contributed by atoms with van der Waals surface area (Å²) in [6, 6.07) is 1.78. The van der Waals surface area contributed by atoms with Crippen LogP contribution in [0.15, 0.2) is 24.8 Å². The van der Waals surface area contributed by atoms with Crippen LogP contribution in [0.25, 0.3) is 0 Å². The summed E-state index contributed by atoms with van der Waals surface area (Å²) in [4.78, 5) is 9.35. The number of nitrogens with zero attached hydrogens (tertiary/aromatic N) is 3. The maximum Gasteiger partial charge on any atom is 0.115 e. The van der Waals surface area contributed by atoms with E-state index >= 15 is 0 Å². The molecule has 0 N–H and O–H groups in total. The van der Waals surface area contributed by atoms with Gasteiger partial charge in [-0.3, -0.25) is 4.39 Å². The molecule has 1 rings (SSSR count). The van der Waals surface area contributed by atoms with Gasteiger partial charge in [0, 0.05) is 12.4 Å². The molecule has 0 spiro atoms. The highest BCUT2D eigenvalue weighted by Crippen LogP contribution is 1.66. The van der Waals surface area contributed by atoms with Gasteiger partial charge in [-0.15, -0.1) is 0 Å². The first kappa shape index (κ1) is 24.3. The molecule has 1 heterocycles. The molecule has 0 aromatic carbocycles. The van der Waals surface area contributed by atoms with Crippen molar-refractivity contribution in [1.29, 1.82) is 0 Å². The Kier molecular flexibility index (Phi) is 56.1. The molecule has 0 saturated carbocycles. The summed E-state index contributed by atoms with van der Waals surface area (Å²) >= 11 is 0. The van der Waals surface area contributed by atoms with E-state index < -0.39 is 0 Å². The summed E-state index contributed by atoms with van der Waals surface area (Å²) in [5.74, 6) is 0. The van der Waals surface area contributed by atoms with Crippen LogP contribution in [0.2, 0.25) is 0 Å². The van der Waals surface area contributed by atoms with Crippen LogP contribution in [0.3, 0.4) is 0 Å². The third kappa shape index (κ3) is 75.2. The number of hydrogen-bond acceptors (Lipinski definition) is 3. The first-order valence-electron chi connectivity index (χ1n) is 5.42. The van der Waals surface area contributed by atoms with E-state index in [0.29, 0.717) is 7.18 Å². The van der Waals surface area contributed by atoms with Crippen molar-refractivity contribution < 1.29 is 4.39 Å². The number of alkyl halides is 1.